The standard InChI is InChI=1S/C15H15N3O5/c1-9(19)17-12-7-5-4-6-11(12)16-15(22)13(8-14(21)23-3)18(17)10(2)20/h4-8H,1-3H3,(H,16,22)/b13-8+. The van der Waals surface area contributed by atoms with E-state index < -0.39 is 23.7 Å². The fraction of sp³-hybridized carbons (Fsp3) is 0.200. The first kappa shape index (κ1) is 16.2. The van der Waals surface area contributed by atoms with Crippen molar-refractivity contribution in [2.45, 2.75) is 13.8 Å². The van der Waals surface area contributed by atoms with Gasteiger partial charge in [-0.25, -0.2) is 14.8 Å². The number of para-hydroxylation sites is 2. The molecule has 2 rings (SSSR count). The highest BCUT2D eigenvalue weighted by Crippen LogP contribution is 2.32. The van der Waals surface area contributed by atoms with Crippen LogP contribution in [0.15, 0.2) is 36.0 Å². The fourth-order valence-electron chi connectivity index (χ4n) is 2.18. The smallest absolute Gasteiger partial charge is 0.332 e. The van der Waals surface area contributed by atoms with Crippen LogP contribution in [0.2, 0.25) is 0 Å². The van der Waals surface area contributed by atoms with Gasteiger partial charge in [0.05, 0.1) is 24.6 Å². The van der Waals surface area contributed by atoms with Gasteiger partial charge in [-0.05, 0) is 12.1 Å². The maximum absolute atomic E-state index is 12.4. The summed E-state index contributed by atoms with van der Waals surface area (Å²) in [6.45, 7) is 2.43. The lowest BCUT2D eigenvalue weighted by atomic mass is 10.2. The van der Waals surface area contributed by atoms with E-state index in [1.54, 1.807) is 24.3 Å². The molecule has 0 saturated carbocycles. The number of rotatable bonds is 1. The van der Waals surface area contributed by atoms with Crippen LogP contribution in [0.4, 0.5) is 11.4 Å². The Labute approximate surface area is 132 Å². The van der Waals surface area contributed by atoms with Crippen molar-refractivity contribution in [1.82, 2.24) is 5.01 Å². The molecule has 23 heavy (non-hydrogen) atoms. The summed E-state index contributed by atoms with van der Waals surface area (Å²) in [5.74, 6) is -2.64. The first-order valence-corrected chi connectivity index (χ1v) is 6.68. The van der Waals surface area contributed by atoms with E-state index in [1.807, 2.05) is 0 Å². The van der Waals surface area contributed by atoms with Gasteiger partial charge in [-0.15, -0.1) is 0 Å². The van der Waals surface area contributed by atoms with E-state index in [2.05, 4.69) is 10.1 Å². The Kier molecular flexibility index (Phi) is 4.44. The number of benzene rings is 1. The normalized spacial score (nSPS) is 15.6. The van der Waals surface area contributed by atoms with Gasteiger partial charge in [0.1, 0.15) is 5.70 Å². The highest BCUT2D eigenvalue weighted by molar-refractivity contribution is 6.14. The van der Waals surface area contributed by atoms with Crippen LogP contribution in [-0.2, 0) is 23.9 Å². The Morgan fingerprint density at radius 1 is 1.09 bits per heavy atom. The van der Waals surface area contributed by atoms with E-state index >= 15 is 0 Å². The zero-order valence-electron chi connectivity index (χ0n) is 12.8. The molecule has 0 bridgehead atoms. The highest BCUT2D eigenvalue weighted by atomic mass is 16.5. The number of esters is 1. The van der Waals surface area contributed by atoms with Gasteiger partial charge >= 0.3 is 5.97 Å². The van der Waals surface area contributed by atoms with Gasteiger partial charge in [0, 0.05) is 13.8 Å². The molecule has 0 unspecified atom stereocenters. The Morgan fingerprint density at radius 2 is 1.70 bits per heavy atom. The third-order valence-electron chi connectivity index (χ3n) is 3.09. The number of carbonyl (C=O) groups excluding carboxylic acids is 4. The Hall–Kier alpha value is -3.16. The maximum atomic E-state index is 12.4. The minimum Gasteiger partial charge on any atom is -0.466 e. The number of nitrogens with zero attached hydrogens (tertiary/aromatic N) is 2. The molecule has 1 aromatic carbocycles. The van der Waals surface area contributed by atoms with Crippen LogP contribution in [0.3, 0.4) is 0 Å². The zero-order chi connectivity index (χ0) is 17.1. The van der Waals surface area contributed by atoms with Crippen LogP contribution in [0.1, 0.15) is 13.8 Å². The zero-order valence-corrected chi connectivity index (χ0v) is 12.8. The second kappa shape index (κ2) is 6.30. The molecule has 0 saturated heterocycles. The summed E-state index contributed by atoms with van der Waals surface area (Å²) in [6, 6.07) is 6.50. The number of hydrogen-bond acceptors (Lipinski definition) is 5. The van der Waals surface area contributed by atoms with Gasteiger partial charge in [0.25, 0.3) is 5.91 Å². The number of hydrazine groups is 1. The maximum Gasteiger partial charge on any atom is 0.332 e. The van der Waals surface area contributed by atoms with Gasteiger partial charge in [-0.3, -0.25) is 14.4 Å². The molecule has 0 aliphatic carbocycles. The van der Waals surface area contributed by atoms with Gasteiger partial charge in [0.15, 0.2) is 0 Å². The third-order valence-corrected chi connectivity index (χ3v) is 3.09. The van der Waals surface area contributed by atoms with E-state index in [9.17, 15) is 19.2 Å². The Bertz CT molecular complexity index is 726. The molecule has 120 valence electrons. The highest BCUT2D eigenvalue weighted by Gasteiger charge is 2.35. The summed E-state index contributed by atoms with van der Waals surface area (Å²) in [4.78, 5) is 48.1. The van der Waals surface area contributed by atoms with Crippen LogP contribution >= 0.6 is 0 Å². The molecule has 1 heterocycles. The average molecular weight is 317 g/mol. The topological polar surface area (TPSA) is 96.0 Å². The van der Waals surface area contributed by atoms with Gasteiger partial charge < -0.3 is 10.1 Å². The molecule has 0 fully saturated rings. The van der Waals surface area contributed by atoms with Crippen LogP contribution < -0.4 is 10.3 Å². The third kappa shape index (κ3) is 3.05. The second-order valence-corrected chi connectivity index (χ2v) is 4.69. The summed E-state index contributed by atoms with van der Waals surface area (Å²) < 4.78 is 4.51. The summed E-state index contributed by atoms with van der Waals surface area (Å²) in [5.41, 5.74) is 0.347. The molecule has 8 nitrogen and oxygen atoms in total. The van der Waals surface area contributed by atoms with Crippen molar-refractivity contribution in [2.24, 2.45) is 0 Å². The summed E-state index contributed by atoms with van der Waals surface area (Å²) in [5, 5.41) is 4.45. The summed E-state index contributed by atoms with van der Waals surface area (Å²) in [6.07, 6.45) is 0.860. The molecule has 3 amide bonds. The minimum atomic E-state index is -0.823. The van der Waals surface area contributed by atoms with E-state index in [0.29, 0.717) is 11.4 Å². The van der Waals surface area contributed by atoms with Gasteiger partial charge in [-0.1, -0.05) is 12.1 Å². The van der Waals surface area contributed by atoms with Crippen molar-refractivity contribution in [3.05, 3.63) is 36.0 Å². The number of hydrogen-bond donors (Lipinski definition) is 1. The molecule has 8 heteroatoms. The lowest BCUT2D eigenvalue weighted by molar-refractivity contribution is -0.136. The lowest BCUT2D eigenvalue weighted by Crippen LogP contribution is -2.48. The van der Waals surface area contributed by atoms with Crippen LogP contribution in [0, 0.1) is 0 Å². The molecular formula is C15H15N3O5. The largest absolute Gasteiger partial charge is 0.466 e. The molecule has 1 aromatic rings. The van der Waals surface area contributed by atoms with Gasteiger partial charge in [-0.2, -0.15) is 0 Å². The SMILES string of the molecule is COC(=O)/C=C1\C(=O)Nc2ccccc2N(C(C)=O)N1C(C)=O. The number of methoxy groups -OCH3 is 1. The van der Waals surface area contributed by atoms with Crippen LogP contribution in [0.25, 0.3) is 0 Å². The number of carbonyl (C=O) groups is 4. The fourth-order valence-corrected chi connectivity index (χ4v) is 2.18. The second-order valence-electron chi connectivity index (χ2n) is 4.69. The molecular weight excluding hydrogens is 302 g/mol. The predicted octanol–water partition coefficient (Wildman–Crippen LogP) is 0.812. The first-order chi connectivity index (χ1) is 10.9. The van der Waals surface area contributed by atoms with Crippen molar-refractivity contribution >= 4 is 35.1 Å². The molecule has 1 N–H and O–H groups in total. The number of fused-ring (bicyclic) bond motifs is 1. The quantitative estimate of drug-likeness (QED) is 0.611. The Morgan fingerprint density at radius 3 is 2.26 bits per heavy atom. The van der Waals surface area contributed by atoms with E-state index in [0.717, 1.165) is 23.2 Å². The summed E-state index contributed by atoms with van der Waals surface area (Å²) >= 11 is 0. The van der Waals surface area contributed by atoms with Crippen molar-refractivity contribution in [3.8, 4) is 0 Å². The molecule has 1 aliphatic rings. The van der Waals surface area contributed by atoms with Crippen LogP contribution in [-0.4, -0.2) is 35.8 Å². The number of anilines is 2. The molecule has 1 aliphatic heterocycles. The van der Waals surface area contributed by atoms with E-state index in [-0.39, 0.29) is 5.70 Å². The van der Waals surface area contributed by atoms with Crippen molar-refractivity contribution in [3.63, 3.8) is 0 Å². The predicted molar refractivity (Wildman–Crippen MR) is 80.9 cm³/mol. The van der Waals surface area contributed by atoms with Crippen molar-refractivity contribution in [1.29, 1.82) is 0 Å². The van der Waals surface area contributed by atoms with Gasteiger partial charge in [0.2, 0.25) is 11.8 Å². The van der Waals surface area contributed by atoms with E-state index in [4.69, 9.17) is 0 Å². The van der Waals surface area contributed by atoms with E-state index in [1.165, 1.54) is 13.8 Å². The number of nitrogens with one attached hydrogen (secondary N) is 1. The molecule has 0 aromatic heterocycles. The first-order valence-electron chi connectivity index (χ1n) is 6.68. The molecule has 0 atom stereocenters. The number of amides is 3. The van der Waals surface area contributed by atoms with Crippen molar-refractivity contribution < 1.29 is 23.9 Å². The Balaban J connectivity index is 2.71. The van der Waals surface area contributed by atoms with Crippen molar-refractivity contribution in [2.75, 3.05) is 17.4 Å². The molecule has 0 radical (unpaired) electrons. The monoisotopic (exact) mass is 317 g/mol. The van der Waals surface area contributed by atoms with Crippen LogP contribution in [0.5, 0.6) is 0 Å². The average Bonchev–Trinajstić information content (AvgIpc) is 2.62. The summed E-state index contributed by atoms with van der Waals surface area (Å²) in [7, 11) is 1.14. The lowest BCUT2D eigenvalue weighted by Gasteiger charge is -2.32. The molecule has 0 spiro atoms. The number of ether oxygens (including phenoxy) is 1. The minimum absolute atomic E-state index is 0.309.